The summed E-state index contributed by atoms with van der Waals surface area (Å²) in [7, 11) is 0. The Morgan fingerprint density at radius 2 is 1.64 bits per heavy atom. The topological polar surface area (TPSA) is 21.3 Å². The van der Waals surface area contributed by atoms with Crippen LogP contribution in [-0.2, 0) is 22.9 Å². The van der Waals surface area contributed by atoms with Crippen LogP contribution in [0.5, 0.6) is 0 Å². The van der Waals surface area contributed by atoms with Crippen LogP contribution in [0.4, 0.5) is 13.2 Å². The van der Waals surface area contributed by atoms with Crippen LogP contribution in [0.1, 0.15) is 29.5 Å². The Balaban J connectivity index is 1.60. The lowest BCUT2D eigenvalue weighted by Crippen LogP contribution is -2.43. The van der Waals surface area contributed by atoms with Crippen molar-refractivity contribution in [2.75, 3.05) is 26.0 Å². The lowest BCUT2D eigenvalue weighted by atomic mass is 9.74. The second kappa shape index (κ2) is 10.3. The van der Waals surface area contributed by atoms with Crippen LogP contribution in [0.2, 0.25) is 0 Å². The molecule has 0 atom stereocenters. The van der Waals surface area contributed by atoms with Gasteiger partial charge in [0.25, 0.3) is 0 Å². The normalized spacial score (nSPS) is 16.0. The Bertz CT molecular complexity index is 1060. The number of piperidine rings is 1. The number of thioether (sulfide) groups is 1. The maximum Gasteiger partial charge on any atom is 0.416 e. The molecule has 1 N–H and O–H groups in total. The van der Waals surface area contributed by atoms with Gasteiger partial charge in [-0.15, -0.1) is 11.8 Å². The Kier molecular flexibility index (Phi) is 7.47. The van der Waals surface area contributed by atoms with Gasteiger partial charge in [-0.2, -0.15) is 13.2 Å². The zero-order valence-electron chi connectivity index (χ0n) is 18.6. The van der Waals surface area contributed by atoms with Gasteiger partial charge in [0.1, 0.15) is 0 Å². The van der Waals surface area contributed by atoms with Crippen molar-refractivity contribution in [3.05, 3.63) is 89.5 Å². The van der Waals surface area contributed by atoms with Gasteiger partial charge in [-0.3, -0.25) is 0 Å². The smallest absolute Gasteiger partial charge is 0.376 e. The van der Waals surface area contributed by atoms with E-state index in [9.17, 15) is 13.2 Å². The van der Waals surface area contributed by atoms with E-state index in [2.05, 4.69) is 17.4 Å². The summed E-state index contributed by atoms with van der Waals surface area (Å²) < 4.78 is 47.2. The molecule has 3 aromatic carbocycles. The molecule has 1 aliphatic rings. The molecule has 1 heterocycles. The molecular formula is C27H28F3NOS. The Morgan fingerprint density at radius 3 is 2.33 bits per heavy atom. The van der Waals surface area contributed by atoms with E-state index < -0.39 is 11.7 Å². The van der Waals surface area contributed by atoms with Gasteiger partial charge in [0.15, 0.2) is 0 Å². The standard InChI is InChI=1S/C27H28F3NOS/c1-33-25-10-6-5-9-24(25)21-15-20(16-23(17-21)27(28,29)30)18-32-19-26(11-13-31-14-12-26)22-7-3-2-4-8-22/h2-10,15-17,31H,11-14,18-19H2,1H3. The van der Waals surface area contributed by atoms with Crippen LogP contribution in [0.3, 0.4) is 0 Å². The number of alkyl halides is 3. The molecule has 6 heteroatoms. The third-order valence-electron chi connectivity index (χ3n) is 6.33. The summed E-state index contributed by atoms with van der Waals surface area (Å²) in [5.74, 6) is 0. The maximum absolute atomic E-state index is 13.7. The Morgan fingerprint density at radius 1 is 0.939 bits per heavy atom. The predicted octanol–water partition coefficient (Wildman–Crippen LogP) is 6.93. The first-order valence-corrected chi connectivity index (χ1v) is 12.3. The summed E-state index contributed by atoms with van der Waals surface area (Å²) in [6.45, 7) is 2.42. The van der Waals surface area contributed by atoms with Gasteiger partial charge < -0.3 is 10.1 Å². The maximum atomic E-state index is 13.7. The van der Waals surface area contributed by atoms with Gasteiger partial charge >= 0.3 is 6.18 Å². The minimum atomic E-state index is -4.42. The third kappa shape index (κ3) is 5.62. The van der Waals surface area contributed by atoms with Crippen molar-refractivity contribution in [2.24, 2.45) is 0 Å². The molecule has 1 fully saturated rings. The van der Waals surface area contributed by atoms with Crippen molar-refractivity contribution in [1.29, 1.82) is 0 Å². The van der Waals surface area contributed by atoms with E-state index in [0.717, 1.165) is 36.4 Å². The lowest BCUT2D eigenvalue weighted by Gasteiger charge is -2.38. The first kappa shape index (κ1) is 23.9. The first-order chi connectivity index (χ1) is 15.9. The van der Waals surface area contributed by atoms with Crippen LogP contribution in [0, 0.1) is 0 Å². The number of benzene rings is 3. The average Bonchev–Trinajstić information content (AvgIpc) is 2.84. The summed E-state index contributed by atoms with van der Waals surface area (Å²) in [5.41, 5.74) is 2.36. The lowest BCUT2D eigenvalue weighted by molar-refractivity contribution is -0.137. The van der Waals surface area contributed by atoms with Crippen LogP contribution in [-0.4, -0.2) is 26.0 Å². The average molecular weight is 472 g/mol. The minimum absolute atomic E-state index is 0.123. The number of nitrogens with one attached hydrogen (secondary N) is 1. The quantitative estimate of drug-likeness (QED) is 0.378. The van der Waals surface area contributed by atoms with E-state index in [1.54, 1.807) is 0 Å². The van der Waals surface area contributed by atoms with E-state index in [4.69, 9.17) is 4.74 Å². The van der Waals surface area contributed by atoms with Crippen molar-refractivity contribution in [3.63, 3.8) is 0 Å². The van der Waals surface area contributed by atoms with Crippen molar-refractivity contribution in [3.8, 4) is 11.1 Å². The second-order valence-corrected chi connectivity index (χ2v) is 9.35. The van der Waals surface area contributed by atoms with Crippen LogP contribution in [0.15, 0.2) is 77.7 Å². The molecule has 0 aromatic heterocycles. The van der Waals surface area contributed by atoms with E-state index in [1.165, 1.54) is 29.5 Å². The zero-order valence-corrected chi connectivity index (χ0v) is 19.4. The summed E-state index contributed by atoms with van der Waals surface area (Å²) in [6, 6.07) is 22.1. The number of hydrogen-bond acceptors (Lipinski definition) is 3. The number of rotatable bonds is 7. The first-order valence-electron chi connectivity index (χ1n) is 11.1. The molecule has 0 aliphatic carbocycles. The van der Waals surface area contributed by atoms with Crippen LogP contribution in [0.25, 0.3) is 11.1 Å². The zero-order chi connectivity index (χ0) is 23.3. The highest BCUT2D eigenvalue weighted by Gasteiger charge is 2.34. The molecule has 0 saturated carbocycles. The third-order valence-corrected chi connectivity index (χ3v) is 7.13. The molecule has 33 heavy (non-hydrogen) atoms. The summed E-state index contributed by atoms with van der Waals surface area (Å²) in [6.07, 6.45) is -0.615. The molecule has 174 valence electrons. The van der Waals surface area contributed by atoms with Crippen molar-refractivity contribution in [1.82, 2.24) is 5.32 Å². The Labute approximate surface area is 197 Å². The van der Waals surface area contributed by atoms with E-state index in [-0.39, 0.29) is 12.0 Å². The van der Waals surface area contributed by atoms with E-state index >= 15 is 0 Å². The second-order valence-electron chi connectivity index (χ2n) is 8.51. The van der Waals surface area contributed by atoms with Gasteiger partial charge in [0, 0.05) is 10.3 Å². The fourth-order valence-electron chi connectivity index (χ4n) is 4.56. The van der Waals surface area contributed by atoms with E-state index in [1.807, 2.05) is 54.8 Å². The monoisotopic (exact) mass is 471 g/mol. The van der Waals surface area contributed by atoms with Gasteiger partial charge in [-0.05, 0) is 78.7 Å². The van der Waals surface area contributed by atoms with Crippen molar-refractivity contribution >= 4 is 11.8 Å². The summed E-state index contributed by atoms with van der Waals surface area (Å²) in [4.78, 5) is 0.946. The van der Waals surface area contributed by atoms with Crippen molar-refractivity contribution in [2.45, 2.75) is 35.9 Å². The fourth-order valence-corrected chi connectivity index (χ4v) is 5.18. The Hall–Kier alpha value is -2.28. The molecule has 1 aliphatic heterocycles. The summed E-state index contributed by atoms with van der Waals surface area (Å²) >= 11 is 1.52. The molecule has 3 aromatic rings. The van der Waals surface area contributed by atoms with Crippen LogP contribution >= 0.6 is 11.8 Å². The summed E-state index contributed by atoms with van der Waals surface area (Å²) in [5, 5.41) is 3.40. The number of ether oxygens (including phenoxy) is 1. The molecule has 0 bridgehead atoms. The van der Waals surface area contributed by atoms with Crippen LogP contribution < -0.4 is 5.32 Å². The molecule has 1 saturated heterocycles. The molecule has 0 spiro atoms. The minimum Gasteiger partial charge on any atom is -0.376 e. The fraction of sp³-hybridized carbons (Fsp3) is 0.333. The van der Waals surface area contributed by atoms with Gasteiger partial charge in [-0.1, -0.05) is 48.5 Å². The predicted molar refractivity (Wildman–Crippen MR) is 129 cm³/mol. The molecular weight excluding hydrogens is 443 g/mol. The highest BCUT2D eigenvalue weighted by Crippen LogP contribution is 2.37. The highest BCUT2D eigenvalue weighted by atomic mass is 32.2. The van der Waals surface area contributed by atoms with Gasteiger partial charge in [-0.25, -0.2) is 0 Å². The largest absolute Gasteiger partial charge is 0.416 e. The van der Waals surface area contributed by atoms with Gasteiger partial charge in [0.2, 0.25) is 0 Å². The number of halogens is 3. The van der Waals surface area contributed by atoms with Crippen molar-refractivity contribution < 1.29 is 17.9 Å². The molecule has 0 unspecified atom stereocenters. The molecule has 2 nitrogen and oxygen atoms in total. The highest BCUT2D eigenvalue weighted by molar-refractivity contribution is 7.98. The SMILES string of the molecule is CSc1ccccc1-c1cc(COCC2(c3ccccc3)CCNCC2)cc(C(F)(F)F)c1. The van der Waals surface area contributed by atoms with E-state index in [0.29, 0.717) is 17.7 Å². The van der Waals surface area contributed by atoms with Gasteiger partial charge in [0.05, 0.1) is 18.8 Å². The molecule has 4 rings (SSSR count). The molecule has 0 amide bonds. The molecule has 0 radical (unpaired) electrons. The number of hydrogen-bond donors (Lipinski definition) is 1.